The minimum absolute atomic E-state index is 0.0412. The number of rotatable bonds is 6. The SMILES string of the molecule is NCc1cccc(CS(=O)(=O)N2CCN(Cc3ccccc3)CC2)c1. The first-order valence-corrected chi connectivity index (χ1v) is 10.2. The average molecular weight is 359 g/mol. The molecular formula is C19H25N3O2S. The Bertz CT molecular complexity index is 785. The highest BCUT2D eigenvalue weighted by molar-refractivity contribution is 7.88. The molecule has 1 heterocycles. The van der Waals surface area contributed by atoms with Gasteiger partial charge in [-0.1, -0.05) is 54.6 Å². The van der Waals surface area contributed by atoms with Crippen molar-refractivity contribution in [3.63, 3.8) is 0 Å². The third kappa shape index (κ3) is 4.89. The Kier molecular flexibility index (Phi) is 5.86. The Morgan fingerprint density at radius 1 is 0.840 bits per heavy atom. The molecule has 1 aliphatic heterocycles. The van der Waals surface area contributed by atoms with Crippen LogP contribution in [0.15, 0.2) is 54.6 Å². The molecule has 1 saturated heterocycles. The summed E-state index contributed by atoms with van der Waals surface area (Å²) in [6.07, 6.45) is 0. The molecule has 2 N–H and O–H groups in total. The summed E-state index contributed by atoms with van der Waals surface area (Å²) in [5, 5.41) is 0. The van der Waals surface area contributed by atoms with Gasteiger partial charge >= 0.3 is 0 Å². The zero-order valence-corrected chi connectivity index (χ0v) is 15.2. The molecule has 0 bridgehead atoms. The van der Waals surface area contributed by atoms with Crippen molar-refractivity contribution in [2.24, 2.45) is 5.73 Å². The van der Waals surface area contributed by atoms with Gasteiger partial charge in [0.15, 0.2) is 0 Å². The van der Waals surface area contributed by atoms with E-state index in [0.717, 1.165) is 30.8 Å². The maximum absolute atomic E-state index is 12.7. The first-order chi connectivity index (χ1) is 12.1. The number of benzene rings is 2. The van der Waals surface area contributed by atoms with Gasteiger partial charge in [-0.05, 0) is 16.7 Å². The van der Waals surface area contributed by atoms with Crippen LogP contribution >= 0.6 is 0 Å². The van der Waals surface area contributed by atoms with Gasteiger partial charge in [0.1, 0.15) is 0 Å². The van der Waals surface area contributed by atoms with Crippen molar-refractivity contribution < 1.29 is 8.42 Å². The quantitative estimate of drug-likeness (QED) is 0.854. The molecule has 0 atom stereocenters. The smallest absolute Gasteiger partial charge is 0.218 e. The van der Waals surface area contributed by atoms with E-state index < -0.39 is 10.0 Å². The van der Waals surface area contributed by atoms with E-state index in [-0.39, 0.29) is 5.75 Å². The number of hydrogen-bond donors (Lipinski definition) is 1. The second-order valence-corrected chi connectivity index (χ2v) is 8.41. The normalized spacial score (nSPS) is 16.8. The molecule has 1 fully saturated rings. The summed E-state index contributed by atoms with van der Waals surface area (Å²) in [7, 11) is -3.29. The molecule has 0 spiro atoms. The lowest BCUT2D eigenvalue weighted by atomic mass is 10.1. The van der Waals surface area contributed by atoms with Crippen molar-refractivity contribution in [1.82, 2.24) is 9.21 Å². The van der Waals surface area contributed by atoms with Crippen LogP contribution in [0.25, 0.3) is 0 Å². The van der Waals surface area contributed by atoms with E-state index >= 15 is 0 Å². The molecule has 2 aromatic rings. The van der Waals surface area contributed by atoms with Gasteiger partial charge in [-0.15, -0.1) is 0 Å². The average Bonchev–Trinajstić information content (AvgIpc) is 2.63. The zero-order chi connectivity index (χ0) is 17.7. The van der Waals surface area contributed by atoms with Gasteiger partial charge in [0.05, 0.1) is 5.75 Å². The van der Waals surface area contributed by atoms with Gasteiger partial charge in [0, 0.05) is 39.3 Å². The summed E-state index contributed by atoms with van der Waals surface area (Å²) in [5.74, 6) is 0.0412. The molecule has 0 aliphatic carbocycles. The number of hydrogen-bond acceptors (Lipinski definition) is 4. The maximum Gasteiger partial charge on any atom is 0.218 e. The highest BCUT2D eigenvalue weighted by atomic mass is 32.2. The van der Waals surface area contributed by atoms with Crippen LogP contribution in [0.1, 0.15) is 16.7 Å². The van der Waals surface area contributed by atoms with E-state index in [1.165, 1.54) is 5.56 Å². The molecule has 0 amide bonds. The van der Waals surface area contributed by atoms with Crippen LogP contribution in [0.2, 0.25) is 0 Å². The fraction of sp³-hybridized carbons (Fsp3) is 0.368. The van der Waals surface area contributed by atoms with Crippen LogP contribution in [-0.2, 0) is 28.9 Å². The topological polar surface area (TPSA) is 66.6 Å². The molecule has 6 heteroatoms. The van der Waals surface area contributed by atoms with Crippen molar-refractivity contribution in [3.05, 3.63) is 71.3 Å². The molecule has 0 saturated carbocycles. The summed E-state index contributed by atoms with van der Waals surface area (Å²) >= 11 is 0. The summed E-state index contributed by atoms with van der Waals surface area (Å²) in [6.45, 7) is 3.91. The first-order valence-electron chi connectivity index (χ1n) is 8.59. The van der Waals surface area contributed by atoms with E-state index in [1.807, 2.05) is 42.5 Å². The second kappa shape index (κ2) is 8.10. The Hall–Kier alpha value is -1.73. The molecule has 3 rings (SSSR count). The van der Waals surface area contributed by atoms with Crippen LogP contribution in [0.5, 0.6) is 0 Å². The number of nitrogens with zero attached hydrogens (tertiary/aromatic N) is 2. The summed E-state index contributed by atoms with van der Waals surface area (Å²) in [6, 6.07) is 17.8. The van der Waals surface area contributed by atoms with Gasteiger partial charge < -0.3 is 5.73 Å². The van der Waals surface area contributed by atoms with E-state index in [4.69, 9.17) is 5.73 Å². The molecule has 0 aromatic heterocycles. The molecule has 134 valence electrons. The molecule has 5 nitrogen and oxygen atoms in total. The van der Waals surface area contributed by atoms with Crippen molar-refractivity contribution in [1.29, 1.82) is 0 Å². The third-order valence-corrected chi connectivity index (χ3v) is 6.40. The predicted molar refractivity (Wildman–Crippen MR) is 100 cm³/mol. The fourth-order valence-corrected chi connectivity index (χ4v) is 4.66. The minimum atomic E-state index is -3.29. The maximum atomic E-state index is 12.7. The van der Waals surface area contributed by atoms with Crippen molar-refractivity contribution in [2.75, 3.05) is 26.2 Å². The van der Waals surface area contributed by atoms with Gasteiger partial charge in [0.2, 0.25) is 10.0 Å². The number of piperazine rings is 1. The minimum Gasteiger partial charge on any atom is -0.326 e. The summed E-state index contributed by atoms with van der Waals surface area (Å²) in [5.41, 5.74) is 8.66. The Labute approximate surface area is 150 Å². The van der Waals surface area contributed by atoms with Crippen LogP contribution in [0, 0.1) is 0 Å². The van der Waals surface area contributed by atoms with Gasteiger partial charge in [-0.2, -0.15) is 4.31 Å². The highest BCUT2D eigenvalue weighted by Crippen LogP contribution is 2.16. The molecular weight excluding hydrogens is 334 g/mol. The predicted octanol–water partition coefficient (Wildman–Crippen LogP) is 1.79. The van der Waals surface area contributed by atoms with Crippen molar-refractivity contribution in [3.8, 4) is 0 Å². The summed E-state index contributed by atoms with van der Waals surface area (Å²) in [4.78, 5) is 2.30. The van der Waals surface area contributed by atoms with Crippen molar-refractivity contribution in [2.45, 2.75) is 18.8 Å². The Morgan fingerprint density at radius 2 is 1.48 bits per heavy atom. The third-order valence-electron chi connectivity index (χ3n) is 4.55. The monoisotopic (exact) mass is 359 g/mol. The Morgan fingerprint density at radius 3 is 2.16 bits per heavy atom. The van der Waals surface area contributed by atoms with E-state index in [0.29, 0.717) is 19.6 Å². The van der Waals surface area contributed by atoms with Crippen molar-refractivity contribution >= 4 is 10.0 Å². The van der Waals surface area contributed by atoms with Gasteiger partial charge in [-0.25, -0.2) is 8.42 Å². The van der Waals surface area contributed by atoms with Gasteiger partial charge in [0.25, 0.3) is 0 Å². The number of nitrogens with two attached hydrogens (primary N) is 1. The lowest BCUT2D eigenvalue weighted by Crippen LogP contribution is -2.48. The number of sulfonamides is 1. The Balaban J connectivity index is 1.57. The zero-order valence-electron chi connectivity index (χ0n) is 14.3. The molecule has 25 heavy (non-hydrogen) atoms. The standard InChI is InChI=1S/C19H25N3O2S/c20-14-18-7-4-8-19(13-18)16-25(23,24)22-11-9-21(10-12-22)15-17-5-2-1-3-6-17/h1-8,13H,9-12,14-16,20H2. The van der Waals surface area contributed by atoms with Gasteiger partial charge in [-0.3, -0.25) is 4.90 Å². The molecule has 2 aromatic carbocycles. The van der Waals surface area contributed by atoms with Crippen LogP contribution in [0.4, 0.5) is 0 Å². The summed E-state index contributed by atoms with van der Waals surface area (Å²) < 4.78 is 27.0. The van der Waals surface area contributed by atoms with E-state index in [1.54, 1.807) is 4.31 Å². The fourth-order valence-electron chi connectivity index (χ4n) is 3.16. The lowest BCUT2D eigenvalue weighted by molar-refractivity contribution is 0.181. The van der Waals surface area contributed by atoms with E-state index in [2.05, 4.69) is 17.0 Å². The molecule has 0 unspecified atom stereocenters. The lowest BCUT2D eigenvalue weighted by Gasteiger charge is -2.34. The second-order valence-electron chi connectivity index (χ2n) is 6.44. The van der Waals surface area contributed by atoms with Crippen LogP contribution in [0.3, 0.4) is 0 Å². The molecule has 0 radical (unpaired) electrons. The van der Waals surface area contributed by atoms with E-state index in [9.17, 15) is 8.42 Å². The molecule has 1 aliphatic rings. The van der Waals surface area contributed by atoms with Crippen LogP contribution < -0.4 is 5.73 Å². The highest BCUT2D eigenvalue weighted by Gasteiger charge is 2.27. The largest absolute Gasteiger partial charge is 0.326 e. The van der Waals surface area contributed by atoms with Crippen LogP contribution in [-0.4, -0.2) is 43.8 Å². The first kappa shape index (κ1) is 18.1.